The van der Waals surface area contributed by atoms with Crippen LogP contribution in [0.1, 0.15) is 41.5 Å². The molecule has 0 amide bonds. The number of nitrogens with zero attached hydrogens (tertiary/aromatic N) is 2. The van der Waals surface area contributed by atoms with Gasteiger partial charge < -0.3 is 4.74 Å². The molecule has 0 aliphatic carbocycles. The van der Waals surface area contributed by atoms with Crippen molar-refractivity contribution in [2.45, 2.75) is 59.0 Å². The van der Waals surface area contributed by atoms with Crippen LogP contribution in [0, 0.1) is 0 Å². The third kappa shape index (κ3) is 2.71. The first kappa shape index (κ1) is 12.9. The highest BCUT2D eigenvalue weighted by Crippen LogP contribution is 2.29. The third-order valence-corrected chi connectivity index (χ3v) is 3.05. The maximum Gasteiger partial charge on any atom is 0.169 e. The predicted octanol–water partition coefficient (Wildman–Crippen LogP) is 2.13. The van der Waals surface area contributed by atoms with E-state index in [-0.39, 0.29) is 17.4 Å². The lowest BCUT2D eigenvalue weighted by atomic mass is 10.1. The molecule has 90 valence electrons. The number of ether oxygens (including phenoxy) is 1. The molecule has 0 radical (unpaired) electrons. The second-order valence-corrected chi connectivity index (χ2v) is 6.29. The van der Waals surface area contributed by atoms with E-state index in [1.165, 1.54) is 0 Å². The highest BCUT2D eigenvalue weighted by Gasteiger charge is 2.42. The maximum atomic E-state index is 5.64. The summed E-state index contributed by atoms with van der Waals surface area (Å²) in [6.45, 7) is 15.6. The summed E-state index contributed by atoms with van der Waals surface area (Å²) in [5, 5.41) is 0. The van der Waals surface area contributed by atoms with Gasteiger partial charge in [0, 0.05) is 31.3 Å². The number of rotatable bonds is 1. The molecule has 0 atom stereocenters. The van der Waals surface area contributed by atoms with Crippen LogP contribution in [-0.2, 0) is 4.74 Å². The molecule has 3 nitrogen and oxygen atoms in total. The van der Waals surface area contributed by atoms with Crippen LogP contribution >= 0.6 is 0 Å². The average Bonchev–Trinajstić information content (AvgIpc) is 2.43. The summed E-state index contributed by atoms with van der Waals surface area (Å²) in [5.41, 5.74) is 0.335. The Hall–Kier alpha value is -0.120. The largest absolute Gasteiger partial charge is 0.353 e. The molecule has 0 aromatic carbocycles. The van der Waals surface area contributed by atoms with Gasteiger partial charge in [-0.3, -0.25) is 9.80 Å². The van der Waals surface area contributed by atoms with Crippen molar-refractivity contribution in [1.29, 1.82) is 0 Å². The fraction of sp³-hybridized carbons (Fsp3) is 1.00. The summed E-state index contributed by atoms with van der Waals surface area (Å²) >= 11 is 0. The first-order valence-electron chi connectivity index (χ1n) is 5.74. The zero-order valence-corrected chi connectivity index (χ0v) is 11.3. The summed E-state index contributed by atoms with van der Waals surface area (Å²) < 4.78 is 5.64. The minimum absolute atomic E-state index is 0.116. The van der Waals surface area contributed by atoms with Crippen LogP contribution in [-0.4, -0.2) is 47.4 Å². The lowest BCUT2D eigenvalue weighted by Gasteiger charge is -2.42. The van der Waals surface area contributed by atoms with E-state index in [9.17, 15) is 0 Å². The lowest BCUT2D eigenvalue weighted by molar-refractivity contribution is -0.141. The Balaban J connectivity index is 2.83. The van der Waals surface area contributed by atoms with E-state index in [1.54, 1.807) is 7.11 Å². The monoisotopic (exact) mass is 214 g/mol. The summed E-state index contributed by atoms with van der Waals surface area (Å²) in [6.07, 6.45) is 0.116. The van der Waals surface area contributed by atoms with E-state index in [4.69, 9.17) is 4.74 Å². The molecule has 1 heterocycles. The lowest BCUT2D eigenvalue weighted by Crippen LogP contribution is -2.53. The van der Waals surface area contributed by atoms with E-state index in [2.05, 4.69) is 51.3 Å². The van der Waals surface area contributed by atoms with Gasteiger partial charge in [0.25, 0.3) is 0 Å². The van der Waals surface area contributed by atoms with Gasteiger partial charge in [-0.1, -0.05) is 0 Å². The summed E-state index contributed by atoms with van der Waals surface area (Å²) in [6, 6.07) is 0. The van der Waals surface area contributed by atoms with Crippen molar-refractivity contribution in [3.05, 3.63) is 0 Å². The number of hydrogen-bond acceptors (Lipinski definition) is 3. The van der Waals surface area contributed by atoms with Crippen molar-refractivity contribution in [2.24, 2.45) is 0 Å². The Kier molecular flexibility index (Phi) is 3.49. The Labute approximate surface area is 94.4 Å². The minimum atomic E-state index is 0.116. The zero-order chi connectivity index (χ0) is 11.9. The molecule has 0 spiro atoms. The molecule has 1 saturated heterocycles. The standard InChI is InChI=1S/C12H26N2O/c1-11(2,3)13-8-9-14(10(13)15-7)12(4,5)6/h10H,8-9H2,1-7H3. The van der Waals surface area contributed by atoms with Crippen molar-refractivity contribution < 1.29 is 4.74 Å². The smallest absolute Gasteiger partial charge is 0.169 e. The summed E-state index contributed by atoms with van der Waals surface area (Å²) in [5.74, 6) is 0. The highest BCUT2D eigenvalue weighted by atomic mass is 16.5. The minimum Gasteiger partial charge on any atom is -0.353 e. The topological polar surface area (TPSA) is 15.7 Å². The van der Waals surface area contributed by atoms with Gasteiger partial charge in [0.1, 0.15) is 0 Å². The molecule has 1 fully saturated rings. The van der Waals surface area contributed by atoms with Gasteiger partial charge in [0.05, 0.1) is 0 Å². The molecule has 1 rings (SSSR count). The molecule has 1 aliphatic heterocycles. The van der Waals surface area contributed by atoms with Crippen molar-refractivity contribution in [3.8, 4) is 0 Å². The van der Waals surface area contributed by atoms with Gasteiger partial charge >= 0.3 is 0 Å². The van der Waals surface area contributed by atoms with Gasteiger partial charge in [0.15, 0.2) is 6.35 Å². The normalized spacial score (nSPS) is 22.6. The highest BCUT2D eigenvalue weighted by molar-refractivity contribution is 4.90. The SMILES string of the molecule is COC1N(C(C)(C)C)CCN1C(C)(C)C. The second kappa shape index (κ2) is 4.04. The fourth-order valence-electron chi connectivity index (χ4n) is 2.19. The van der Waals surface area contributed by atoms with Crippen molar-refractivity contribution >= 4 is 0 Å². The van der Waals surface area contributed by atoms with E-state index >= 15 is 0 Å². The van der Waals surface area contributed by atoms with E-state index < -0.39 is 0 Å². The van der Waals surface area contributed by atoms with Crippen LogP contribution in [0.15, 0.2) is 0 Å². The van der Waals surface area contributed by atoms with E-state index in [0.29, 0.717) is 0 Å². The summed E-state index contributed by atoms with van der Waals surface area (Å²) in [7, 11) is 1.80. The van der Waals surface area contributed by atoms with Gasteiger partial charge in [-0.15, -0.1) is 0 Å². The van der Waals surface area contributed by atoms with Crippen LogP contribution < -0.4 is 0 Å². The molecule has 0 aromatic heterocycles. The van der Waals surface area contributed by atoms with Crippen molar-refractivity contribution in [1.82, 2.24) is 9.80 Å². The maximum absolute atomic E-state index is 5.64. The molecule has 15 heavy (non-hydrogen) atoms. The van der Waals surface area contributed by atoms with Gasteiger partial charge in [-0.05, 0) is 41.5 Å². The number of hydrogen-bond donors (Lipinski definition) is 0. The molecular weight excluding hydrogens is 188 g/mol. The Morgan fingerprint density at radius 1 is 0.867 bits per heavy atom. The fourth-order valence-corrected chi connectivity index (χ4v) is 2.19. The molecule has 0 aromatic rings. The van der Waals surface area contributed by atoms with Gasteiger partial charge in [-0.2, -0.15) is 0 Å². The number of methoxy groups -OCH3 is 1. The van der Waals surface area contributed by atoms with E-state index in [0.717, 1.165) is 13.1 Å². The van der Waals surface area contributed by atoms with Crippen LogP contribution in [0.25, 0.3) is 0 Å². The molecule has 0 N–H and O–H groups in total. The third-order valence-electron chi connectivity index (χ3n) is 3.05. The molecule has 0 saturated carbocycles. The molecule has 1 aliphatic rings. The Morgan fingerprint density at radius 2 is 1.20 bits per heavy atom. The zero-order valence-electron chi connectivity index (χ0n) is 11.3. The first-order chi connectivity index (χ1) is 6.68. The Bertz CT molecular complexity index is 193. The quantitative estimate of drug-likeness (QED) is 0.665. The molecule has 3 heteroatoms. The van der Waals surface area contributed by atoms with Gasteiger partial charge in [-0.25, -0.2) is 0 Å². The van der Waals surface area contributed by atoms with Crippen LogP contribution in [0.5, 0.6) is 0 Å². The molecular formula is C12H26N2O. The van der Waals surface area contributed by atoms with Gasteiger partial charge in [0.2, 0.25) is 0 Å². The molecule has 0 unspecified atom stereocenters. The molecule has 0 bridgehead atoms. The summed E-state index contributed by atoms with van der Waals surface area (Å²) in [4.78, 5) is 4.83. The van der Waals surface area contributed by atoms with E-state index in [1.807, 2.05) is 0 Å². The van der Waals surface area contributed by atoms with Crippen LogP contribution in [0.4, 0.5) is 0 Å². The van der Waals surface area contributed by atoms with Crippen LogP contribution in [0.2, 0.25) is 0 Å². The Morgan fingerprint density at radius 3 is 1.40 bits per heavy atom. The van der Waals surface area contributed by atoms with Crippen LogP contribution in [0.3, 0.4) is 0 Å². The van der Waals surface area contributed by atoms with Crippen molar-refractivity contribution in [3.63, 3.8) is 0 Å². The average molecular weight is 214 g/mol. The predicted molar refractivity (Wildman–Crippen MR) is 63.7 cm³/mol. The second-order valence-electron chi connectivity index (χ2n) is 6.29. The van der Waals surface area contributed by atoms with Crippen molar-refractivity contribution in [2.75, 3.05) is 20.2 Å². The first-order valence-corrected chi connectivity index (χ1v) is 5.74.